The number of thiocarbonyl (C=S) groups is 1. The van der Waals surface area contributed by atoms with E-state index in [1.807, 2.05) is 19.1 Å². The van der Waals surface area contributed by atoms with Crippen LogP contribution >= 0.6 is 24.0 Å². The number of rotatable bonds is 12. The lowest BCUT2D eigenvalue weighted by Crippen LogP contribution is -2.33. The van der Waals surface area contributed by atoms with Crippen molar-refractivity contribution in [1.82, 2.24) is 14.3 Å². The van der Waals surface area contributed by atoms with Gasteiger partial charge in [-0.15, -0.1) is 0 Å². The highest BCUT2D eigenvalue weighted by atomic mass is 32.2. The van der Waals surface area contributed by atoms with Gasteiger partial charge >= 0.3 is 0 Å². The van der Waals surface area contributed by atoms with E-state index in [1.54, 1.807) is 21.6 Å². The topological polar surface area (TPSA) is 66.7 Å². The van der Waals surface area contributed by atoms with Crippen molar-refractivity contribution < 1.29 is 4.79 Å². The number of hydrogen-bond donors (Lipinski definition) is 1. The fourth-order valence-corrected chi connectivity index (χ4v) is 5.33. The van der Waals surface area contributed by atoms with E-state index in [2.05, 4.69) is 26.1 Å². The Morgan fingerprint density at radius 2 is 1.91 bits per heavy atom. The highest BCUT2D eigenvalue weighted by Gasteiger charge is 2.33. The van der Waals surface area contributed by atoms with Gasteiger partial charge in [-0.25, -0.2) is 4.98 Å². The molecule has 184 valence electrons. The summed E-state index contributed by atoms with van der Waals surface area (Å²) in [6.07, 6.45) is 11.1. The smallest absolute Gasteiger partial charge is 0.267 e. The van der Waals surface area contributed by atoms with Crippen LogP contribution in [0.25, 0.3) is 11.7 Å². The van der Waals surface area contributed by atoms with Crippen LogP contribution in [0.2, 0.25) is 0 Å². The second-order valence-electron chi connectivity index (χ2n) is 8.96. The summed E-state index contributed by atoms with van der Waals surface area (Å²) in [5.41, 5.74) is 1.76. The summed E-state index contributed by atoms with van der Waals surface area (Å²) in [4.78, 5) is 33.7. The van der Waals surface area contributed by atoms with E-state index in [1.165, 1.54) is 11.8 Å². The fourth-order valence-electron chi connectivity index (χ4n) is 4.07. The van der Waals surface area contributed by atoms with E-state index in [9.17, 15) is 9.59 Å². The average molecular weight is 501 g/mol. The number of hydrogen-bond acceptors (Lipinski definition) is 6. The van der Waals surface area contributed by atoms with Gasteiger partial charge in [0.1, 0.15) is 15.8 Å². The van der Waals surface area contributed by atoms with Crippen LogP contribution in [-0.4, -0.2) is 37.6 Å². The third-order valence-electron chi connectivity index (χ3n) is 6.21. The monoisotopic (exact) mass is 500 g/mol. The maximum Gasteiger partial charge on any atom is 0.267 e. The van der Waals surface area contributed by atoms with Crippen molar-refractivity contribution in [3.8, 4) is 0 Å². The summed E-state index contributed by atoms with van der Waals surface area (Å²) in [5, 5.41) is 3.34. The van der Waals surface area contributed by atoms with E-state index in [0.717, 1.165) is 57.1 Å². The molecule has 1 atom stereocenters. The van der Waals surface area contributed by atoms with Crippen molar-refractivity contribution >= 4 is 51.7 Å². The Kier molecular flexibility index (Phi) is 9.71. The molecule has 1 unspecified atom stereocenters. The first-order valence-corrected chi connectivity index (χ1v) is 13.6. The van der Waals surface area contributed by atoms with Crippen LogP contribution in [0.1, 0.15) is 76.8 Å². The number of aromatic nitrogens is 2. The largest absolute Gasteiger partial charge is 0.369 e. The van der Waals surface area contributed by atoms with Crippen LogP contribution in [0.15, 0.2) is 28.0 Å². The molecule has 1 fully saturated rings. The molecule has 0 saturated carbocycles. The Labute approximate surface area is 212 Å². The van der Waals surface area contributed by atoms with Crippen LogP contribution in [0.5, 0.6) is 0 Å². The molecule has 1 saturated heterocycles. The first-order valence-electron chi connectivity index (χ1n) is 12.4. The zero-order valence-electron chi connectivity index (χ0n) is 20.7. The van der Waals surface area contributed by atoms with Crippen LogP contribution in [-0.2, 0) is 4.79 Å². The summed E-state index contributed by atoms with van der Waals surface area (Å²) in [6, 6.07) is 3.79. The van der Waals surface area contributed by atoms with Gasteiger partial charge in [-0.1, -0.05) is 82.9 Å². The molecule has 2 aromatic rings. The molecular formula is C26H36N4O2S2. The molecule has 0 bridgehead atoms. The summed E-state index contributed by atoms with van der Waals surface area (Å²) < 4.78 is 2.12. The molecule has 6 nitrogen and oxygen atoms in total. The van der Waals surface area contributed by atoms with Gasteiger partial charge in [-0.05, 0) is 43.4 Å². The molecule has 34 heavy (non-hydrogen) atoms. The molecule has 0 spiro atoms. The van der Waals surface area contributed by atoms with Gasteiger partial charge < -0.3 is 5.32 Å². The van der Waals surface area contributed by atoms with E-state index in [4.69, 9.17) is 17.2 Å². The highest BCUT2D eigenvalue weighted by Crippen LogP contribution is 2.34. The van der Waals surface area contributed by atoms with Gasteiger partial charge in [-0.3, -0.25) is 18.9 Å². The molecule has 1 aliphatic heterocycles. The Balaban J connectivity index is 1.95. The molecule has 2 aromatic heterocycles. The molecule has 1 N–H and O–H groups in total. The molecule has 1 amide bonds. The Hall–Kier alpha value is -2.19. The van der Waals surface area contributed by atoms with Gasteiger partial charge in [0.05, 0.1) is 10.5 Å². The van der Waals surface area contributed by atoms with Crippen LogP contribution in [0.4, 0.5) is 5.82 Å². The van der Waals surface area contributed by atoms with Crippen molar-refractivity contribution in [2.45, 2.75) is 72.6 Å². The zero-order chi connectivity index (χ0) is 24.7. The van der Waals surface area contributed by atoms with E-state index >= 15 is 0 Å². The number of aryl methyl sites for hydroxylation is 1. The van der Waals surface area contributed by atoms with Gasteiger partial charge in [0, 0.05) is 19.3 Å². The van der Waals surface area contributed by atoms with E-state index in [0.29, 0.717) is 38.7 Å². The number of nitrogens with zero attached hydrogens (tertiary/aromatic N) is 3. The average Bonchev–Trinajstić information content (AvgIpc) is 3.09. The minimum Gasteiger partial charge on any atom is -0.369 e. The molecule has 3 heterocycles. The lowest BCUT2D eigenvalue weighted by Gasteiger charge is -2.21. The standard InChI is InChI=1S/C26H36N4O2S2/c1-5-8-10-14-27-23-20(24(31)29-16-18(4)12-13-22(29)28-23)15-21-25(32)30(26(33)34-21)17-19(7-3)11-9-6-2/h12-13,15-16,19,27H,5-11,14,17H2,1-4H3/b21-15+. The minimum absolute atomic E-state index is 0.115. The van der Waals surface area contributed by atoms with Crippen molar-refractivity contribution in [2.75, 3.05) is 18.4 Å². The molecule has 0 radical (unpaired) electrons. The first-order chi connectivity index (χ1) is 16.4. The van der Waals surface area contributed by atoms with Gasteiger partial charge in [0.15, 0.2) is 0 Å². The van der Waals surface area contributed by atoms with Crippen molar-refractivity contribution in [1.29, 1.82) is 0 Å². The van der Waals surface area contributed by atoms with Crippen LogP contribution in [0.3, 0.4) is 0 Å². The maximum atomic E-state index is 13.5. The number of carbonyl (C=O) groups is 1. The van der Waals surface area contributed by atoms with Crippen molar-refractivity contribution in [3.05, 3.63) is 44.7 Å². The van der Waals surface area contributed by atoms with E-state index in [-0.39, 0.29) is 11.5 Å². The number of thioether (sulfide) groups is 1. The van der Waals surface area contributed by atoms with E-state index < -0.39 is 0 Å². The number of carbonyl (C=O) groups excluding carboxylic acids is 1. The summed E-state index contributed by atoms with van der Waals surface area (Å²) in [5.74, 6) is 0.828. The van der Waals surface area contributed by atoms with Crippen molar-refractivity contribution in [3.63, 3.8) is 0 Å². The number of anilines is 1. The van der Waals surface area contributed by atoms with Crippen molar-refractivity contribution in [2.24, 2.45) is 5.92 Å². The number of amides is 1. The third kappa shape index (κ3) is 6.27. The molecule has 1 aliphatic rings. The fraction of sp³-hybridized carbons (Fsp3) is 0.538. The second-order valence-corrected chi connectivity index (χ2v) is 10.6. The highest BCUT2D eigenvalue weighted by molar-refractivity contribution is 8.26. The predicted octanol–water partition coefficient (Wildman–Crippen LogP) is 6.02. The number of pyridine rings is 1. The Bertz CT molecular complexity index is 1130. The van der Waals surface area contributed by atoms with Gasteiger partial charge in [0.25, 0.3) is 11.5 Å². The molecule has 8 heteroatoms. The van der Waals surface area contributed by atoms with Crippen LogP contribution < -0.4 is 10.9 Å². The first kappa shape index (κ1) is 26.4. The molecule has 3 rings (SSSR count). The normalized spacial score (nSPS) is 16.1. The quantitative estimate of drug-likeness (QED) is 0.218. The zero-order valence-corrected chi connectivity index (χ0v) is 22.4. The lowest BCUT2D eigenvalue weighted by molar-refractivity contribution is -0.122. The lowest BCUT2D eigenvalue weighted by atomic mass is 9.99. The second kappa shape index (κ2) is 12.5. The van der Waals surface area contributed by atoms with Crippen LogP contribution in [0, 0.1) is 12.8 Å². The molecule has 0 aliphatic carbocycles. The summed E-state index contributed by atoms with van der Waals surface area (Å²) >= 11 is 6.84. The minimum atomic E-state index is -0.189. The Morgan fingerprint density at radius 3 is 2.62 bits per heavy atom. The predicted molar refractivity (Wildman–Crippen MR) is 147 cm³/mol. The van der Waals surface area contributed by atoms with Gasteiger partial charge in [0.2, 0.25) is 0 Å². The van der Waals surface area contributed by atoms with Gasteiger partial charge in [-0.2, -0.15) is 0 Å². The Morgan fingerprint density at radius 1 is 1.15 bits per heavy atom. The number of nitrogens with one attached hydrogen (secondary N) is 1. The number of unbranched alkanes of at least 4 members (excludes halogenated alkanes) is 3. The number of fused-ring (bicyclic) bond motifs is 1. The summed E-state index contributed by atoms with van der Waals surface area (Å²) in [6.45, 7) is 9.79. The molecular weight excluding hydrogens is 464 g/mol. The summed E-state index contributed by atoms with van der Waals surface area (Å²) in [7, 11) is 0. The third-order valence-corrected chi connectivity index (χ3v) is 7.59. The SMILES string of the molecule is CCCCCNc1nc2ccc(C)cn2c(=O)c1/C=C1/SC(=S)N(CC(CC)CCCC)C1=O. The molecule has 0 aromatic carbocycles. The maximum absolute atomic E-state index is 13.5.